The molecule has 2 rings (SSSR count). The molecule has 0 saturated carbocycles. The van der Waals surface area contributed by atoms with Crippen molar-refractivity contribution in [2.45, 2.75) is 26.7 Å². The van der Waals surface area contributed by atoms with Crippen LogP contribution in [0.15, 0.2) is 24.3 Å². The van der Waals surface area contributed by atoms with E-state index in [-0.39, 0.29) is 18.3 Å². The fourth-order valence-corrected chi connectivity index (χ4v) is 3.08. The standard InChI is InChI=1S/C15H18FNOS/c1-10-11(2)19-15(17-10)8-13(9-18)7-12-3-5-14(16)6-4-12/h3-6,13,18H,7-9H2,1-2H3. The van der Waals surface area contributed by atoms with Gasteiger partial charge in [-0.25, -0.2) is 9.37 Å². The Morgan fingerprint density at radius 3 is 2.42 bits per heavy atom. The summed E-state index contributed by atoms with van der Waals surface area (Å²) in [5, 5.41) is 10.5. The van der Waals surface area contributed by atoms with Crippen LogP contribution in [0.25, 0.3) is 0 Å². The van der Waals surface area contributed by atoms with Gasteiger partial charge in [-0.1, -0.05) is 12.1 Å². The molecule has 1 unspecified atom stereocenters. The molecule has 1 atom stereocenters. The van der Waals surface area contributed by atoms with Crippen LogP contribution in [0.4, 0.5) is 4.39 Å². The average molecular weight is 279 g/mol. The monoisotopic (exact) mass is 279 g/mol. The predicted octanol–water partition coefficient (Wildman–Crippen LogP) is 3.29. The summed E-state index contributed by atoms with van der Waals surface area (Å²) in [6.07, 6.45) is 1.52. The summed E-state index contributed by atoms with van der Waals surface area (Å²) >= 11 is 1.69. The second kappa shape index (κ2) is 6.26. The Hall–Kier alpha value is -1.26. The van der Waals surface area contributed by atoms with Gasteiger partial charge in [0.2, 0.25) is 0 Å². The molecule has 4 heteroatoms. The number of aliphatic hydroxyl groups is 1. The van der Waals surface area contributed by atoms with Gasteiger partial charge in [-0.3, -0.25) is 0 Å². The van der Waals surface area contributed by atoms with E-state index in [0.29, 0.717) is 0 Å². The van der Waals surface area contributed by atoms with Crippen molar-refractivity contribution in [1.29, 1.82) is 0 Å². The van der Waals surface area contributed by atoms with Gasteiger partial charge in [0.25, 0.3) is 0 Å². The molecular formula is C15H18FNOS. The van der Waals surface area contributed by atoms with Crippen molar-refractivity contribution >= 4 is 11.3 Å². The Morgan fingerprint density at radius 1 is 1.21 bits per heavy atom. The number of benzene rings is 1. The van der Waals surface area contributed by atoms with Gasteiger partial charge in [-0.15, -0.1) is 11.3 Å². The third kappa shape index (κ3) is 3.85. The molecule has 0 spiro atoms. The van der Waals surface area contributed by atoms with E-state index >= 15 is 0 Å². The highest BCUT2D eigenvalue weighted by Crippen LogP contribution is 2.21. The van der Waals surface area contributed by atoms with E-state index in [0.717, 1.165) is 29.1 Å². The first-order chi connectivity index (χ1) is 9.08. The van der Waals surface area contributed by atoms with Gasteiger partial charge >= 0.3 is 0 Å². The summed E-state index contributed by atoms with van der Waals surface area (Å²) in [4.78, 5) is 5.73. The van der Waals surface area contributed by atoms with Crippen LogP contribution in [-0.2, 0) is 12.8 Å². The Balaban J connectivity index is 2.02. The number of aliphatic hydroxyl groups excluding tert-OH is 1. The molecule has 2 aromatic rings. The zero-order valence-corrected chi connectivity index (χ0v) is 12.0. The quantitative estimate of drug-likeness (QED) is 0.911. The van der Waals surface area contributed by atoms with Crippen molar-refractivity contribution in [3.63, 3.8) is 0 Å². The van der Waals surface area contributed by atoms with Gasteiger partial charge in [-0.2, -0.15) is 0 Å². The summed E-state index contributed by atoms with van der Waals surface area (Å²) in [5.41, 5.74) is 2.11. The molecule has 0 bridgehead atoms. The third-order valence-electron chi connectivity index (χ3n) is 3.23. The van der Waals surface area contributed by atoms with Crippen LogP contribution in [0.1, 0.15) is 21.1 Å². The Morgan fingerprint density at radius 2 is 1.89 bits per heavy atom. The number of nitrogens with zero attached hydrogens (tertiary/aromatic N) is 1. The summed E-state index contributed by atoms with van der Waals surface area (Å²) < 4.78 is 12.8. The number of aromatic nitrogens is 1. The largest absolute Gasteiger partial charge is 0.396 e. The number of rotatable bonds is 5. The zero-order chi connectivity index (χ0) is 13.8. The van der Waals surface area contributed by atoms with E-state index in [9.17, 15) is 9.50 Å². The summed E-state index contributed by atoms with van der Waals surface area (Å²) in [5.74, 6) is -0.0918. The zero-order valence-electron chi connectivity index (χ0n) is 11.2. The first-order valence-electron chi connectivity index (χ1n) is 6.36. The van der Waals surface area contributed by atoms with Crippen molar-refractivity contribution in [3.05, 3.63) is 51.2 Å². The topological polar surface area (TPSA) is 33.1 Å². The molecule has 1 heterocycles. The highest BCUT2D eigenvalue weighted by Gasteiger charge is 2.13. The van der Waals surface area contributed by atoms with Crippen LogP contribution in [0.3, 0.4) is 0 Å². The Kier molecular flexibility index (Phi) is 4.66. The van der Waals surface area contributed by atoms with Crippen molar-refractivity contribution in [2.75, 3.05) is 6.61 Å². The van der Waals surface area contributed by atoms with E-state index in [2.05, 4.69) is 11.9 Å². The van der Waals surface area contributed by atoms with E-state index in [4.69, 9.17) is 0 Å². The lowest BCUT2D eigenvalue weighted by molar-refractivity contribution is 0.225. The van der Waals surface area contributed by atoms with Crippen LogP contribution < -0.4 is 0 Å². The van der Waals surface area contributed by atoms with Crippen molar-refractivity contribution in [2.24, 2.45) is 5.92 Å². The minimum Gasteiger partial charge on any atom is -0.396 e. The number of aryl methyl sites for hydroxylation is 2. The van der Waals surface area contributed by atoms with E-state index in [1.54, 1.807) is 23.5 Å². The number of thiazole rings is 1. The average Bonchev–Trinajstić information content (AvgIpc) is 2.70. The molecule has 0 radical (unpaired) electrons. The molecule has 0 aliphatic heterocycles. The maximum absolute atomic E-state index is 12.8. The molecule has 0 aliphatic rings. The van der Waals surface area contributed by atoms with E-state index < -0.39 is 0 Å². The second-order valence-corrected chi connectivity index (χ2v) is 6.12. The third-order valence-corrected chi connectivity index (χ3v) is 4.33. The van der Waals surface area contributed by atoms with Crippen LogP contribution in [0.2, 0.25) is 0 Å². The number of hydrogen-bond acceptors (Lipinski definition) is 3. The Labute approximate surface area is 116 Å². The first-order valence-corrected chi connectivity index (χ1v) is 7.18. The smallest absolute Gasteiger partial charge is 0.123 e. The van der Waals surface area contributed by atoms with Crippen molar-refractivity contribution in [3.8, 4) is 0 Å². The molecular weight excluding hydrogens is 261 g/mol. The molecule has 1 aromatic carbocycles. The highest BCUT2D eigenvalue weighted by molar-refractivity contribution is 7.11. The maximum atomic E-state index is 12.8. The highest BCUT2D eigenvalue weighted by atomic mass is 32.1. The summed E-state index contributed by atoms with van der Waals surface area (Å²) in [6.45, 7) is 4.18. The van der Waals surface area contributed by atoms with Crippen molar-refractivity contribution < 1.29 is 9.50 Å². The molecule has 0 saturated heterocycles. The van der Waals surface area contributed by atoms with E-state index in [1.165, 1.54) is 17.0 Å². The molecule has 1 aromatic heterocycles. The van der Waals surface area contributed by atoms with Crippen LogP contribution >= 0.6 is 11.3 Å². The van der Waals surface area contributed by atoms with Crippen LogP contribution in [-0.4, -0.2) is 16.7 Å². The van der Waals surface area contributed by atoms with E-state index in [1.807, 2.05) is 6.92 Å². The molecule has 0 amide bonds. The lowest BCUT2D eigenvalue weighted by Crippen LogP contribution is -2.12. The molecule has 19 heavy (non-hydrogen) atoms. The lowest BCUT2D eigenvalue weighted by Gasteiger charge is -2.12. The lowest BCUT2D eigenvalue weighted by atomic mass is 9.97. The second-order valence-electron chi connectivity index (χ2n) is 4.83. The van der Waals surface area contributed by atoms with Gasteiger partial charge in [0.1, 0.15) is 5.82 Å². The first kappa shape index (κ1) is 14.2. The normalized spacial score (nSPS) is 12.6. The Bertz CT molecular complexity index is 516. The molecule has 102 valence electrons. The molecule has 0 fully saturated rings. The summed E-state index contributed by atoms with van der Waals surface area (Å²) in [6, 6.07) is 6.47. The maximum Gasteiger partial charge on any atom is 0.123 e. The number of hydrogen-bond donors (Lipinski definition) is 1. The van der Waals surface area contributed by atoms with Crippen molar-refractivity contribution in [1.82, 2.24) is 4.98 Å². The molecule has 0 aliphatic carbocycles. The van der Waals surface area contributed by atoms with Gasteiger partial charge in [-0.05, 0) is 43.9 Å². The molecule has 1 N–H and O–H groups in total. The van der Waals surface area contributed by atoms with Gasteiger partial charge in [0.05, 0.1) is 10.7 Å². The summed E-state index contributed by atoms with van der Waals surface area (Å²) in [7, 11) is 0. The minimum atomic E-state index is -0.226. The number of halogens is 1. The van der Waals surface area contributed by atoms with Crippen LogP contribution in [0.5, 0.6) is 0 Å². The van der Waals surface area contributed by atoms with Gasteiger partial charge in [0, 0.05) is 17.9 Å². The molecule has 2 nitrogen and oxygen atoms in total. The van der Waals surface area contributed by atoms with Gasteiger partial charge in [0.15, 0.2) is 0 Å². The van der Waals surface area contributed by atoms with Gasteiger partial charge < -0.3 is 5.11 Å². The fourth-order valence-electron chi connectivity index (χ4n) is 2.03. The SMILES string of the molecule is Cc1nc(CC(CO)Cc2ccc(F)cc2)sc1C. The van der Waals surface area contributed by atoms with Crippen LogP contribution in [0, 0.1) is 25.6 Å². The fraction of sp³-hybridized carbons (Fsp3) is 0.400. The predicted molar refractivity (Wildman–Crippen MR) is 76.0 cm³/mol. The minimum absolute atomic E-state index is 0.120.